The summed E-state index contributed by atoms with van der Waals surface area (Å²) < 4.78 is 647. The van der Waals surface area contributed by atoms with Crippen LogP contribution in [0, 0.1) is 233 Å². The summed E-state index contributed by atoms with van der Waals surface area (Å²) in [6.07, 6.45) is 0. The van der Waals surface area contributed by atoms with Gasteiger partial charge in [0.05, 0.1) is 111 Å². The molecule has 0 nitrogen and oxygen atoms in total. The second kappa shape index (κ2) is 30.4. The molecule has 45 heteroatoms. The quantitative estimate of drug-likeness (QED) is 0.105. The molecule has 0 unspecified atom stereocenters. The van der Waals surface area contributed by atoms with E-state index in [-0.39, 0.29) is 60.7 Å². The Morgan fingerprint density at radius 2 is 0.128 bits per heavy atom. The molecule has 0 fully saturated rings. The van der Waals surface area contributed by atoms with Crippen molar-refractivity contribution in [3.63, 3.8) is 0 Å². The smallest absolute Gasteiger partial charge is 0.171 e. The third-order valence-electron chi connectivity index (χ3n) is 19.4. The molecule has 19 aliphatic heterocycles. The van der Waals surface area contributed by atoms with Crippen molar-refractivity contribution in [3.8, 4) is 160 Å². The van der Waals surface area contributed by atoms with Crippen LogP contribution in [0.3, 0.4) is 0 Å². The lowest BCUT2D eigenvalue weighted by Crippen LogP contribution is -2.09. The van der Waals surface area contributed by atoms with Crippen molar-refractivity contribution in [2.75, 3.05) is 0 Å². The van der Waals surface area contributed by atoms with Gasteiger partial charge in [0, 0.05) is 48.8 Å². The summed E-state index contributed by atoms with van der Waals surface area (Å²) in [5.41, 5.74) is -48.2. The molecule has 0 N–H and O–H groups in total. The van der Waals surface area contributed by atoms with Gasteiger partial charge in [-0.25, -0.2) is 176 Å². The molecule has 0 atom stereocenters. The predicted octanol–water partition coefficient (Wildman–Crippen LogP) is 30.9. The number of halogens is 40. The summed E-state index contributed by atoms with van der Waals surface area (Å²) >= 11 is -2.74. The van der Waals surface area contributed by atoms with Gasteiger partial charge in [-0.15, -0.1) is 56.7 Å². The number of hydrogen-bond acceptors (Lipinski definition) is 5. The highest BCUT2D eigenvalue weighted by Gasteiger charge is 2.45. The Morgan fingerprint density at radius 3 is 0.184 bits per heavy atom. The summed E-state index contributed by atoms with van der Waals surface area (Å²) in [4.78, 5) is -13.8. The van der Waals surface area contributed by atoms with E-state index < -0.39 is 449 Å². The summed E-state index contributed by atoms with van der Waals surface area (Å²) in [5, 5.41) is 0. The molecule has 15 aromatic rings. The minimum absolute atomic E-state index is 0.207. The zero-order valence-electron chi connectivity index (χ0n) is 57.9. The molecule has 30 bridgehead atoms. The second-order valence-corrected chi connectivity index (χ2v) is 31.3. The predicted molar refractivity (Wildman–Crippen MR) is 369 cm³/mol. The molecule has 640 valence electrons. The molecule has 10 aromatic carbocycles. The van der Waals surface area contributed by atoms with Crippen LogP contribution in [0.2, 0.25) is 0 Å². The maximum absolute atomic E-state index is 16.2. The van der Waals surface area contributed by atoms with Crippen LogP contribution in [-0.4, -0.2) is 0 Å². The van der Waals surface area contributed by atoms with Crippen LogP contribution in [-0.2, 0) is 0 Å². The molecule has 0 amide bonds. The van der Waals surface area contributed by atoms with Gasteiger partial charge in [-0.05, 0) is 60.7 Å². The van der Waals surface area contributed by atoms with Gasteiger partial charge in [-0.2, -0.15) is 0 Å². The average Bonchev–Trinajstić information content (AvgIpc) is 1.73. The zero-order chi connectivity index (χ0) is 91.0. The lowest BCUT2D eigenvalue weighted by molar-refractivity contribution is 0.446. The standard InChI is InChI=1S/C80H10F40S5/c81-41-21-11-1-2-12(121-11)22-43(83)63(103)33(64(104)44(22)84)34-67(107)47(87)24(48(88)68(34)108)14-5-6-16(123-14)26-51(91)71(111)37(72(112)52(26)92)38-75(115)55(95)28(56(96)76(38)116)18-9-10-20(125-18)30-59(99)79(119)40(80(120)60(30)100)39-77(117)57(97)29(58(98)78(39)118)19-8-7-17(124-19)27-53(93)73(113)36(74(114)54(27)94)35-69(109)49(89)25(50(90)70(35)110)15-4-3-13(122-15)23-45(85)65(105)32(66(106)46(23)86)31(61(41)101)62(102)42(21)82/h1-10H. The van der Waals surface area contributed by atoms with E-state index in [1.54, 1.807) is 0 Å². The van der Waals surface area contributed by atoms with Gasteiger partial charge < -0.3 is 0 Å². The molecule has 0 saturated carbocycles. The summed E-state index contributed by atoms with van der Waals surface area (Å²) in [7, 11) is 0. The molecule has 34 rings (SSSR count). The molecule has 0 aliphatic carbocycles. The Bertz CT molecular complexity index is 5710. The fraction of sp³-hybridized carbons (Fsp3) is 0. The molecular formula is C80H10F40S5. The molecule has 125 heavy (non-hydrogen) atoms. The molecular weight excluding hydrogens is 1880 g/mol. The Kier molecular flexibility index (Phi) is 21.0. The van der Waals surface area contributed by atoms with E-state index in [1.807, 2.05) is 0 Å². The van der Waals surface area contributed by atoms with Gasteiger partial charge in [0.25, 0.3) is 0 Å². The average molecular weight is 1890 g/mol. The summed E-state index contributed by atoms with van der Waals surface area (Å²) in [6, 6.07) is 2.07. The number of fused-ring (bicyclic) bond motifs is 1. The Labute approximate surface area is 682 Å². The van der Waals surface area contributed by atoms with Crippen LogP contribution in [0.1, 0.15) is 0 Å². The van der Waals surface area contributed by atoms with Crippen LogP contribution in [0.15, 0.2) is 60.7 Å². The van der Waals surface area contributed by atoms with E-state index in [4.69, 9.17) is 0 Å². The topological polar surface area (TPSA) is 0 Å². The van der Waals surface area contributed by atoms with Crippen LogP contribution >= 0.6 is 56.7 Å². The highest BCUT2D eigenvalue weighted by molar-refractivity contribution is 7.20. The highest BCUT2D eigenvalue weighted by atomic mass is 32.1. The number of hydrogen-bond donors (Lipinski definition) is 0. The first-order valence-corrected chi connectivity index (χ1v) is 37.0. The van der Waals surface area contributed by atoms with Crippen LogP contribution in [0.5, 0.6) is 0 Å². The van der Waals surface area contributed by atoms with Gasteiger partial charge in [0.15, 0.2) is 233 Å². The van der Waals surface area contributed by atoms with Crippen molar-refractivity contribution >= 4 is 56.7 Å². The van der Waals surface area contributed by atoms with E-state index in [0.29, 0.717) is 0 Å². The van der Waals surface area contributed by atoms with E-state index in [2.05, 4.69) is 0 Å². The van der Waals surface area contributed by atoms with Gasteiger partial charge in [0.2, 0.25) is 0 Å². The van der Waals surface area contributed by atoms with Crippen LogP contribution in [0.25, 0.3) is 160 Å². The van der Waals surface area contributed by atoms with Crippen molar-refractivity contribution in [2.45, 2.75) is 0 Å². The van der Waals surface area contributed by atoms with Gasteiger partial charge in [-0.3, -0.25) is 0 Å². The van der Waals surface area contributed by atoms with Crippen molar-refractivity contribution in [2.24, 2.45) is 0 Å². The number of benzene rings is 10. The summed E-state index contributed by atoms with van der Waals surface area (Å²) in [5.74, 6) is -118. The maximum Gasteiger partial charge on any atom is 0.171 e. The highest BCUT2D eigenvalue weighted by Crippen LogP contribution is 2.55. The Hall–Kier alpha value is -12.1. The summed E-state index contributed by atoms with van der Waals surface area (Å²) in [6.45, 7) is 0. The zero-order valence-corrected chi connectivity index (χ0v) is 62.0. The van der Waals surface area contributed by atoms with Gasteiger partial charge in [0.1, 0.15) is 0 Å². The van der Waals surface area contributed by atoms with Crippen LogP contribution in [0.4, 0.5) is 176 Å². The van der Waals surface area contributed by atoms with Crippen molar-refractivity contribution < 1.29 is 176 Å². The first-order valence-electron chi connectivity index (χ1n) is 32.9. The van der Waals surface area contributed by atoms with Crippen molar-refractivity contribution in [1.29, 1.82) is 0 Å². The molecule has 0 spiro atoms. The first kappa shape index (κ1) is 86.4. The molecule has 0 saturated heterocycles. The maximum atomic E-state index is 16.2. The Morgan fingerprint density at radius 1 is 0.0800 bits per heavy atom. The van der Waals surface area contributed by atoms with Crippen LogP contribution < -0.4 is 0 Å². The fourth-order valence-corrected chi connectivity index (χ4v) is 19.1. The van der Waals surface area contributed by atoms with Gasteiger partial charge >= 0.3 is 0 Å². The molecule has 19 aliphatic rings. The van der Waals surface area contributed by atoms with Crippen molar-refractivity contribution in [3.05, 3.63) is 293 Å². The normalized spacial score (nSPS) is 12.0. The van der Waals surface area contributed by atoms with E-state index >= 15 is 176 Å². The lowest BCUT2D eigenvalue weighted by atomic mass is 9.96. The fourth-order valence-electron chi connectivity index (χ4n) is 13.7. The largest absolute Gasteiger partial charge is 0.203 e. The first-order chi connectivity index (χ1) is 58.8. The lowest BCUT2D eigenvalue weighted by Gasteiger charge is -2.16. The van der Waals surface area contributed by atoms with Gasteiger partial charge in [-0.1, -0.05) is 0 Å². The van der Waals surface area contributed by atoms with E-state index in [9.17, 15) is 0 Å². The minimum Gasteiger partial charge on any atom is -0.203 e. The number of rotatable bonds is 0. The molecule has 24 heterocycles. The van der Waals surface area contributed by atoms with E-state index in [0.717, 1.165) is 0 Å². The second-order valence-electron chi connectivity index (χ2n) is 25.9. The monoisotopic (exact) mass is 1890 g/mol. The molecule has 5 aromatic heterocycles. The Balaban J connectivity index is 0.844. The SMILES string of the molecule is Fc1c(F)c2c(F)c(F)c1-c1ccc(s1)-c1c(F)c(F)c(c(F)c1F)-c1c(F)c(F)c(c(F)c1F)-c1ccc(s1)-c1c(F)c(F)c(c(F)c1F)-c1c(F)c(F)c(c(F)c1F)-c1ccc(s1)-c1c(F)c(F)c(c(F)c1F)-c1c(F)c(F)c(c(F)c1F)-c1ccc(s1)-c1c(F)c(F)c(c(F)c1F)-c1c(F)c(F)c(c(F)c1F)-c1ccc(s1)-c1c(F)c(F)c-2c(F)c1F. The van der Waals surface area contributed by atoms with Crippen molar-refractivity contribution in [1.82, 2.24) is 0 Å². The van der Waals surface area contributed by atoms with E-state index in [1.165, 1.54) is 0 Å². The molecule has 0 radical (unpaired) electrons. The minimum atomic E-state index is -3.04. The third-order valence-corrected chi connectivity index (χ3v) is 25.0. The third kappa shape index (κ3) is 12.2. The number of thiophene rings is 5.